The summed E-state index contributed by atoms with van der Waals surface area (Å²) in [7, 11) is -2.17. The van der Waals surface area contributed by atoms with Crippen LogP contribution in [0.1, 0.15) is 11.2 Å². The Hall–Kier alpha value is -2.40. The number of anilines is 1. The Labute approximate surface area is 167 Å². The second kappa shape index (κ2) is 7.55. The van der Waals surface area contributed by atoms with Gasteiger partial charge in [-0.05, 0) is 42.0 Å². The number of hydrogen-bond acceptors (Lipinski definition) is 2. The first-order valence-corrected chi connectivity index (χ1v) is 10.9. The van der Waals surface area contributed by atoms with Crippen molar-refractivity contribution in [3.8, 4) is 0 Å². The van der Waals surface area contributed by atoms with Crippen molar-refractivity contribution in [2.75, 3.05) is 11.6 Å². The van der Waals surface area contributed by atoms with Crippen LogP contribution in [0.5, 0.6) is 0 Å². The zero-order chi connectivity index (χ0) is 20.6. The van der Waals surface area contributed by atoms with Gasteiger partial charge in [0.15, 0.2) is 0 Å². The summed E-state index contributed by atoms with van der Waals surface area (Å²) in [6.45, 7) is 4.74. The number of carbonyl (C=O) groups is 1. The van der Waals surface area contributed by atoms with E-state index >= 15 is 0 Å². The SMILES string of the molecule is C=CN(C(=O)C(c1cn(C)c2ccc(Cl)cc12)P(C)(=O)O)c1cccc(F)c1. The quantitative estimate of drug-likeness (QED) is 0.585. The van der Waals surface area contributed by atoms with Crippen LogP contribution >= 0.6 is 19.0 Å². The lowest BCUT2D eigenvalue weighted by Gasteiger charge is -2.26. The summed E-state index contributed by atoms with van der Waals surface area (Å²) in [5.74, 6) is -1.21. The second-order valence-electron chi connectivity index (χ2n) is 6.57. The maximum Gasteiger partial charge on any atom is 0.248 e. The fraction of sp³-hybridized carbons (Fsp3) is 0.150. The Morgan fingerprint density at radius 3 is 2.68 bits per heavy atom. The van der Waals surface area contributed by atoms with Crippen LogP contribution in [0.15, 0.2) is 61.4 Å². The monoisotopic (exact) mass is 420 g/mol. The molecule has 2 atom stereocenters. The van der Waals surface area contributed by atoms with Gasteiger partial charge in [-0.1, -0.05) is 24.2 Å². The molecule has 0 spiro atoms. The van der Waals surface area contributed by atoms with E-state index in [1.54, 1.807) is 36.0 Å². The molecule has 3 aromatic rings. The van der Waals surface area contributed by atoms with Crippen molar-refractivity contribution >= 4 is 41.5 Å². The van der Waals surface area contributed by atoms with Gasteiger partial charge in [-0.15, -0.1) is 0 Å². The third-order valence-electron chi connectivity index (χ3n) is 4.50. The predicted molar refractivity (Wildman–Crippen MR) is 111 cm³/mol. The van der Waals surface area contributed by atoms with Gasteiger partial charge in [0.1, 0.15) is 11.5 Å². The van der Waals surface area contributed by atoms with Crippen LogP contribution < -0.4 is 4.90 Å². The maximum absolute atomic E-state index is 13.6. The molecule has 0 aliphatic rings. The van der Waals surface area contributed by atoms with Crippen LogP contribution in [0.25, 0.3) is 10.9 Å². The zero-order valence-corrected chi connectivity index (χ0v) is 17.0. The van der Waals surface area contributed by atoms with Crippen molar-refractivity contribution < 1.29 is 18.6 Å². The Morgan fingerprint density at radius 2 is 2.07 bits per heavy atom. The van der Waals surface area contributed by atoms with E-state index in [1.165, 1.54) is 24.4 Å². The molecule has 0 saturated carbocycles. The number of nitrogens with zero attached hydrogens (tertiary/aromatic N) is 2. The molecule has 3 rings (SSSR count). The highest BCUT2D eigenvalue weighted by Crippen LogP contribution is 2.55. The Bertz CT molecular complexity index is 1120. The van der Waals surface area contributed by atoms with E-state index in [-0.39, 0.29) is 5.69 Å². The number of hydrogen-bond donors (Lipinski definition) is 1. The number of rotatable bonds is 5. The highest BCUT2D eigenvalue weighted by atomic mass is 35.5. The average molecular weight is 421 g/mol. The summed E-state index contributed by atoms with van der Waals surface area (Å²) in [5.41, 5.74) is -0.00389. The third-order valence-corrected chi connectivity index (χ3v) is 6.19. The molecule has 1 amide bonds. The zero-order valence-electron chi connectivity index (χ0n) is 15.3. The van der Waals surface area contributed by atoms with Gasteiger partial charge >= 0.3 is 0 Å². The summed E-state index contributed by atoms with van der Waals surface area (Å²) < 4.78 is 28.2. The molecule has 0 saturated heterocycles. The molecule has 1 aromatic heterocycles. The number of amides is 1. The lowest BCUT2D eigenvalue weighted by molar-refractivity contribution is -0.117. The molecule has 2 unspecified atom stereocenters. The van der Waals surface area contributed by atoms with E-state index in [0.29, 0.717) is 16.0 Å². The first-order valence-electron chi connectivity index (χ1n) is 8.39. The number of benzene rings is 2. The van der Waals surface area contributed by atoms with Gasteiger partial charge < -0.3 is 9.46 Å². The van der Waals surface area contributed by atoms with Crippen LogP contribution in [0.2, 0.25) is 5.02 Å². The molecular weight excluding hydrogens is 402 g/mol. The Kier molecular flexibility index (Phi) is 5.48. The number of halogens is 2. The average Bonchev–Trinajstić information content (AvgIpc) is 2.90. The minimum absolute atomic E-state index is 0.219. The van der Waals surface area contributed by atoms with Gasteiger partial charge in [-0.25, -0.2) is 4.39 Å². The van der Waals surface area contributed by atoms with Crippen LogP contribution in [0.4, 0.5) is 10.1 Å². The molecule has 28 heavy (non-hydrogen) atoms. The summed E-state index contributed by atoms with van der Waals surface area (Å²) in [6, 6.07) is 10.5. The van der Waals surface area contributed by atoms with Crippen molar-refractivity contribution in [2.45, 2.75) is 5.66 Å². The van der Waals surface area contributed by atoms with E-state index in [9.17, 15) is 18.6 Å². The van der Waals surface area contributed by atoms with Crippen LogP contribution in [0.3, 0.4) is 0 Å². The lowest BCUT2D eigenvalue weighted by Crippen LogP contribution is -2.30. The summed E-state index contributed by atoms with van der Waals surface area (Å²) >= 11 is 6.11. The number of fused-ring (bicyclic) bond motifs is 1. The van der Waals surface area contributed by atoms with Gasteiger partial charge in [0.25, 0.3) is 0 Å². The van der Waals surface area contributed by atoms with Gasteiger partial charge in [-0.2, -0.15) is 0 Å². The van der Waals surface area contributed by atoms with E-state index in [1.807, 2.05) is 0 Å². The topological polar surface area (TPSA) is 62.5 Å². The van der Waals surface area contributed by atoms with Crippen LogP contribution in [-0.2, 0) is 16.4 Å². The highest BCUT2D eigenvalue weighted by molar-refractivity contribution is 7.58. The highest BCUT2D eigenvalue weighted by Gasteiger charge is 2.39. The summed E-state index contributed by atoms with van der Waals surface area (Å²) in [5, 5.41) is 1.05. The van der Waals surface area contributed by atoms with Crippen molar-refractivity contribution in [1.29, 1.82) is 0 Å². The van der Waals surface area contributed by atoms with Crippen molar-refractivity contribution in [2.24, 2.45) is 7.05 Å². The number of aryl methyl sites for hydroxylation is 1. The molecule has 0 radical (unpaired) electrons. The molecule has 0 aliphatic heterocycles. The van der Waals surface area contributed by atoms with Gasteiger partial charge in [0.2, 0.25) is 13.3 Å². The fourth-order valence-corrected chi connectivity index (χ4v) is 4.72. The van der Waals surface area contributed by atoms with Crippen LogP contribution in [-0.4, -0.2) is 22.0 Å². The molecule has 0 bridgehead atoms. The number of aromatic nitrogens is 1. The Balaban J connectivity index is 2.19. The van der Waals surface area contributed by atoms with E-state index in [2.05, 4.69) is 6.58 Å². The van der Waals surface area contributed by atoms with Gasteiger partial charge in [-0.3, -0.25) is 14.3 Å². The van der Waals surface area contributed by atoms with E-state index < -0.39 is 24.8 Å². The molecule has 0 aliphatic carbocycles. The summed E-state index contributed by atoms with van der Waals surface area (Å²) in [4.78, 5) is 24.9. The normalized spacial score (nSPS) is 14.5. The molecule has 146 valence electrons. The predicted octanol–water partition coefficient (Wildman–Crippen LogP) is 5.09. The van der Waals surface area contributed by atoms with Crippen molar-refractivity contribution in [1.82, 2.24) is 4.57 Å². The largest absolute Gasteiger partial charge is 0.350 e. The molecule has 1 N–H and O–H groups in total. The maximum atomic E-state index is 13.6. The minimum atomic E-state index is -3.95. The molecule has 1 heterocycles. The molecular formula is C20H19ClFN2O3P. The number of carbonyl (C=O) groups excluding carboxylic acids is 1. The Morgan fingerprint density at radius 1 is 1.36 bits per heavy atom. The molecule has 0 fully saturated rings. The van der Waals surface area contributed by atoms with Crippen LogP contribution in [0, 0.1) is 5.82 Å². The first-order chi connectivity index (χ1) is 13.1. The lowest BCUT2D eigenvalue weighted by atomic mass is 10.1. The summed E-state index contributed by atoms with van der Waals surface area (Å²) in [6.07, 6.45) is 2.85. The van der Waals surface area contributed by atoms with Gasteiger partial charge in [0.05, 0.1) is 5.69 Å². The molecule has 2 aromatic carbocycles. The van der Waals surface area contributed by atoms with Gasteiger partial charge in [0, 0.05) is 42.0 Å². The van der Waals surface area contributed by atoms with Crippen molar-refractivity contribution in [3.05, 3.63) is 77.8 Å². The molecule has 8 heteroatoms. The molecule has 5 nitrogen and oxygen atoms in total. The first kappa shape index (κ1) is 20.3. The second-order valence-corrected chi connectivity index (χ2v) is 9.41. The minimum Gasteiger partial charge on any atom is -0.350 e. The fourth-order valence-electron chi connectivity index (χ4n) is 3.29. The van der Waals surface area contributed by atoms with E-state index in [0.717, 1.165) is 23.1 Å². The van der Waals surface area contributed by atoms with E-state index in [4.69, 9.17) is 11.6 Å². The smallest absolute Gasteiger partial charge is 0.248 e. The standard InChI is InChI=1S/C20H19ClFN2O3P/c1-4-24(15-7-5-6-14(22)11-15)20(25)19(28(3,26)27)17-12-23(2)18-9-8-13(21)10-16(17)18/h4-12,19H,1H2,2-3H3,(H,26,27). The third kappa shape index (κ3) is 3.76. The van der Waals surface area contributed by atoms with Crippen molar-refractivity contribution in [3.63, 3.8) is 0 Å².